The number of aromatic nitrogens is 6. The van der Waals surface area contributed by atoms with Crippen LogP contribution in [0.1, 0.15) is 85.5 Å². The lowest BCUT2D eigenvalue weighted by Crippen LogP contribution is -2.45. The maximum Gasteiger partial charge on any atom is 0.324 e. The van der Waals surface area contributed by atoms with Crippen molar-refractivity contribution >= 4 is 11.8 Å². The van der Waals surface area contributed by atoms with Crippen molar-refractivity contribution in [2.75, 3.05) is 26.2 Å². The Morgan fingerprint density at radius 2 is 1.32 bits per heavy atom. The van der Waals surface area contributed by atoms with Gasteiger partial charge in [0.15, 0.2) is 5.84 Å². The highest BCUT2D eigenvalue weighted by atomic mass is 16.5. The minimum atomic E-state index is -0.604. The molecule has 56 heavy (non-hydrogen) atoms. The van der Waals surface area contributed by atoms with Gasteiger partial charge in [0.1, 0.15) is 33.9 Å². The van der Waals surface area contributed by atoms with E-state index in [1.807, 2.05) is 48.5 Å². The summed E-state index contributed by atoms with van der Waals surface area (Å²) in [6.07, 6.45) is 15.1. The van der Waals surface area contributed by atoms with E-state index in [0.717, 1.165) is 87.4 Å². The number of oxime groups is 1. The van der Waals surface area contributed by atoms with Gasteiger partial charge in [-0.15, -0.1) is 0 Å². The number of carboxylic acid groups (broad SMARTS) is 1. The molecular weight excluding hydrogens is 709 g/mol. The van der Waals surface area contributed by atoms with E-state index in [4.69, 9.17) is 25.6 Å². The summed E-state index contributed by atoms with van der Waals surface area (Å²) in [6.45, 7) is 4.23. The Morgan fingerprint density at radius 1 is 0.732 bits per heavy atom. The van der Waals surface area contributed by atoms with Gasteiger partial charge in [0.25, 0.3) is 0 Å². The van der Waals surface area contributed by atoms with E-state index in [1.54, 1.807) is 36.9 Å². The van der Waals surface area contributed by atoms with Crippen LogP contribution in [-0.2, 0) is 10.3 Å². The first kappa shape index (κ1) is 37.8. The molecule has 14 heteroatoms. The summed E-state index contributed by atoms with van der Waals surface area (Å²) in [6, 6.07) is 18.4. The fourth-order valence-electron chi connectivity index (χ4n) is 7.84. The molecule has 4 saturated heterocycles. The number of amidine groups is 1. The third kappa shape index (κ3) is 8.42. The Kier molecular flexibility index (Phi) is 11.7. The van der Waals surface area contributed by atoms with Crippen LogP contribution in [0.5, 0.6) is 0 Å². The van der Waals surface area contributed by atoms with Crippen LogP contribution in [0.15, 0.2) is 95.1 Å². The Bertz CT molecular complexity index is 2240. The molecular formula is C42H42N10O4. The number of nitrogens with two attached hydrogens (primary N) is 1. The molecule has 14 nitrogen and oxygen atoms in total. The number of hydrogen-bond donors (Lipinski definition) is 3. The maximum absolute atomic E-state index is 11.0. The van der Waals surface area contributed by atoms with E-state index in [9.17, 15) is 4.79 Å². The van der Waals surface area contributed by atoms with Gasteiger partial charge in [-0.3, -0.25) is 24.6 Å². The maximum atomic E-state index is 11.0. The van der Waals surface area contributed by atoms with Crippen LogP contribution in [0, 0.1) is 23.7 Å². The quantitative estimate of drug-likeness (QED) is 0.0755. The summed E-state index contributed by atoms with van der Waals surface area (Å²) >= 11 is 0. The van der Waals surface area contributed by atoms with Gasteiger partial charge in [-0.1, -0.05) is 34.3 Å². The highest BCUT2D eigenvalue weighted by Crippen LogP contribution is 2.46. The second-order valence-corrected chi connectivity index (χ2v) is 14.0. The van der Waals surface area contributed by atoms with E-state index in [-0.39, 0.29) is 11.4 Å². The minimum absolute atomic E-state index is 0.0285. The molecule has 0 atom stereocenters. The van der Waals surface area contributed by atoms with Crippen molar-refractivity contribution in [1.82, 2.24) is 39.9 Å². The fourth-order valence-corrected chi connectivity index (χ4v) is 7.84. The summed E-state index contributed by atoms with van der Waals surface area (Å²) in [5, 5.41) is 24.6. The normalized spacial score (nSPS) is 17.8. The van der Waals surface area contributed by atoms with Crippen molar-refractivity contribution in [2.45, 2.75) is 62.4 Å². The number of carbonyl (C=O) groups is 1. The molecule has 284 valence electrons. The topological polar surface area (TPSA) is 193 Å². The molecule has 0 saturated carbocycles. The van der Waals surface area contributed by atoms with E-state index in [1.165, 1.54) is 12.8 Å². The Labute approximate surface area is 324 Å². The fraction of sp³-hybridized carbons (Fsp3) is 0.333. The third-order valence-electron chi connectivity index (χ3n) is 10.6. The summed E-state index contributed by atoms with van der Waals surface area (Å²) < 4.78 is 5.66. The highest BCUT2D eigenvalue weighted by Gasteiger charge is 2.51. The zero-order valence-electron chi connectivity index (χ0n) is 30.9. The standard InChI is InChI=1S/C21H19N5O.C13H10N4O.C8H13NO2/c1-2-12-22-17(5-1)8-6-16-7-9-18(23-15-16)19-24-20(27-25-19)21-10-3-13-26(21)14-4-11-21;14-13(17-18)12-7-5-10(9-16-12)4-6-11-3-1-2-8-15-11;10-7(11)8-3-1-5-9(8)6-2-4-8/h1-2,5,7,9,12,15H,3-4,10-11,13-14H2;1-3,5,7-9,18H,(H2,14,17);1-6H2,(H,10,11). The minimum Gasteiger partial charge on any atom is -0.480 e. The van der Waals surface area contributed by atoms with Crippen LogP contribution in [0.4, 0.5) is 0 Å². The number of rotatable bonds is 4. The second-order valence-electron chi connectivity index (χ2n) is 14.0. The highest BCUT2D eigenvalue weighted by molar-refractivity contribution is 5.95. The number of hydrogen-bond acceptors (Lipinski definition) is 12. The summed E-state index contributed by atoms with van der Waals surface area (Å²) in [5.74, 6) is 12.6. The largest absolute Gasteiger partial charge is 0.480 e. The average Bonchev–Trinajstić information content (AvgIpc) is 4.08. The van der Waals surface area contributed by atoms with Crippen LogP contribution in [0.25, 0.3) is 11.5 Å². The molecule has 0 spiro atoms. The number of fused-ring (bicyclic) bond motifs is 2. The average molecular weight is 751 g/mol. The molecule has 0 unspecified atom stereocenters. The van der Waals surface area contributed by atoms with E-state index in [0.29, 0.717) is 22.9 Å². The molecule has 4 aliphatic heterocycles. The Morgan fingerprint density at radius 3 is 1.82 bits per heavy atom. The van der Waals surface area contributed by atoms with Crippen molar-refractivity contribution in [2.24, 2.45) is 10.9 Å². The predicted octanol–water partition coefficient (Wildman–Crippen LogP) is 4.68. The molecule has 4 fully saturated rings. The van der Waals surface area contributed by atoms with Gasteiger partial charge in [0, 0.05) is 35.9 Å². The van der Waals surface area contributed by atoms with Gasteiger partial charge in [-0.25, -0.2) is 9.97 Å². The molecule has 0 bridgehead atoms. The molecule has 9 rings (SSSR count). The lowest BCUT2D eigenvalue weighted by Gasteiger charge is -2.27. The molecule has 9 heterocycles. The van der Waals surface area contributed by atoms with Crippen molar-refractivity contribution in [3.63, 3.8) is 0 Å². The van der Waals surface area contributed by atoms with Crippen LogP contribution in [0.3, 0.4) is 0 Å². The van der Waals surface area contributed by atoms with Gasteiger partial charge in [-0.05, 0) is 138 Å². The second kappa shape index (κ2) is 17.3. The molecule has 5 aromatic heterocycles. The number of carboxylic acids is 1. The Balaban J connectivity index is 0.000000142. The molecule has 0 radical (unpaired) electrons. The van der Waals surface area contributed by atoms with Crippen LogP contribution in [-0.4, -0.2) is 93.7 Å². The van der Waals surface area contributed by atoms with Gasteiger partial charge in [-0.2, -0.15) is 4.98 Å². The van der Waals surface area contributed by atoms with Crippen molar-refractivity contribution < 1.29 is 19.6 Å². The monoisotopic (exact) mass is 750 g/mol. The molecule has 0 amide bonds. The summed E-state index contributed by atoms with van der Waals surface area (Å²) in [5.41, 5.74) is 9.00. The zero-order chi connectivity index (χ0) is 38.8. The summed E-state index contributed by atoms with van der Waals surface area (Å²) in [7, 11) is 0. The smallest absolute Gasteiger partial charge is 0.324 e. The number of aliphatic carboxylic acids is 1. The molecule has 0 aromatic carbocycles. The van der Waals surface area contributed by atoms with Crippen LogP contribution < -0.4 is 5.73 Å². The molecule has 4 aliphatic rings. The number of nitrogens with zero attached hydrogens (tertiary/aromatic N) is 9. The predicted molar refractivity (Wildman–Crippen MR) is 207 cm³/mol. The first-order valence-electron chi connectivity index (χ1n) is 18.7. The zero-order valence-corrected chi connectivity index (χ0v) is 30.9. The van der Waals surface area contributed by atoms with Crippen LogP contribution >= 0.6 is 0 Å². The van der Waals surface area contributed by atoms with Crippen molar-refractivity contribution in [1.29, 1.82) is 0 Å². The van der Waals surface area contributed by atoms with E-state index < -0.39 is 11.5 Å². The van der Waals surface area contributed by atoms with Crippen LogP contribution in [0.2, 0.25) is 0 Å². The van der Waals surface area contributed by atoms with Crippen molar-refractivity contribution in [3.05, 3.63) is 120 Å². The molecule has 0 aliphatic carbocycles. The Hall–Kier alpha value is -6.48. The lowest BCUT2D eigenvalue weighted by molar-refractivity contribution is -0.147. The summed E-state index contributed by atoms with van der Waals surface area (Å²) in [4.78, 5) is 37.1. The van der Waals surface area contributed by atoms with E-state index >= 15 is 0 Å². The van der Waals surface area contributed by atoms with E-state index in [2.05, 4.69) is 63.7 Å². The molecule has 5 aromatic rings. The van der Waals surface area contributed by atoms with Gasteiger partial charge in [0.2, 0.25) is 11.7 Å². The SMILES string of the molecule is C(#Cc1ccccn1)c1ccc(-c2noc(C34CCCN3CCC4)n2)nc1.N/C(=N\O)c1ccc(C#Cc2ccccn2)cn1.O=C(O)C12CCCN1CCC2. The first-order chi connectivity index (χ1) is 27.4. The lowest BCUT2D eigenvalue weighted by atomic mass is 9.94. The van der Waals surface area contributed by atoms with Gasteiger partial charge in [0.05, 0.1) is 0 Å². The van der Waals surface area contributed by atoms with Gasteiger partial charge >= 0.3 is 5.97 Å². The van der Waals surface area contributed by atoms with Crippen molar-refractivity contribution in [3.8, 4) is 35.2 Å². The van der Waals surface area contributed by atoms with Gasteiger partial charge < -0.3 is 20.6 Å². The number of pyridine rings is 4. The molecule has 4 N–H and O–H groups in total. The first-order valence-corrected chi connectivity index (χ1v) is 18.7. The third-order valence-corrected chi connectivity index (χ3v) is 10.6.